The Labute approximate surface area is 84.1 Å². The zero-order chi connectivity index (χ0) is 12.1. The largest absolute Gasteiger partial charge is 0.673 e. The molecule has 0 bridgehead atoms. The van der Waals surface area contributed by atoms with Gasteiger partial charge in [-0.1, -0.05) is 0 Å². The fourth-order valence-corrected chi connectivity index (χ4v) is 0.782. The van der Waals surface area contributed by atoms with Crippen molar-refractivity contribution < 1.29 is 21.8 Å². The normalized spacial score (nSPS) is 10.5. The number of nitrogens with zero attached hydrogens (tertiary/aromatic N) is 2. The molecule has 0 aliphatic rings. The quantitative estimate of drug-likeness (QED) is 0.398. The average molecular weight is 226 g/mol. The molecule has 1 heterocycles. The summed E-state index contributed by atoms with van der Waals surface area (Å²) in [5.74, 6) is 0. The van der Waals surface area contributed by atoms with Crippen molar-refractivity contribution in [2.45, 2.75) is 13.5 Å². The minimum atomic E-state index is -6.00. The van der Waals surface area contributed by atoms with E-state index < -0.39 is 7.25 Å². The third-order valence-electron chi connectivity index (χ3n) is 1.44. The average Bonchev–Trinajstić information content (AvgIpc) is 2.07. The van der Waals surface area contributed by atoms with Crippen molar-refractivity contribution in [3.63, 3.8) is 0 Å². The van der Waals surface area contributed by atoms with E-state index >= 15 is 0 Å². The van der Waals surface area contributed by atoms with E-state index in [9.17, 15) is 22.1 Å². The van der Waals surface area contributed by atoms with Crippen LogP contribution in [0.4, 0.5) is 17.3 Å². The fourth-order valence-electron chi connectivity index (χ4n) is 0.782. The number of aryl methyl sites for hydroxylation is 2. The Hall–Kier alpha value is -1.34. The number of rotatable bonds is 1. The van der Waals surface area contributed by atoms with Crippen molar-refractivity contribution in [2.75, 3.05) is 0 Å². The Kier molecular flexibility index (Phi) is 5.03. The van der Waals surface area contributed by atoms with Crippen LogP contribution in [0.25, 0.3) is 0 Å². The predicted octanol–water partition coefficient (Wildman–Crippen LogP) is 0.993. The van der Waals surface area contributed by atoms with Crippen molar-refractivity contribution in [1.29, 1.82) is 0 Å². The Bertz CT molecular complexity index is 357. The molecular weight excluding hydrogens is 215 g/mol. The van der Waals surface area contributed by atoms with Gasteiger partial charge in [-0.3, -0.25) is 0 Å². The van der Waals surface area contributed by atoms with Crippen molar-refractivity contribution in [3.05, 3.63) is 28.9 Å². The van der Waals surface area contributed by atoms with Crippen LogP contribution in [0.15, 0.2) is 23.4 Å². The van der Waals surface area contributed by atoms with E-state index in [1.54, 1.807) is 30.2 Å². The summed E-state index contributed by atoms with van der Waals surface area (Å²) in [5.41, 5.74) is 0.0321. The molecule has 0 aliphatic carbocycles. The van der Waals surface area contributed by atoms with E-state index in [1.807, 2.05) is 11.5 Å². The summed E-state index contributed by atoms with van der Waals surface area (Å²) in [5, 5.41) is 0. The minimum absolute atomic E-state index is 0.0321. The van der Waals surface area contributed by atoms with Crippen LogP contribution in [0, 0.1) is 0 Å². The van der Waals surface area contributed by atoms with Crippen LogP contribution in [0.1, 0.15) is 6.92 Å². The lowest BCUT2D eigenvalue weighted by atomic mass is 10.3. The van der Waals surface area contributed by atoms with Gasteiger partial charge in [0.15, 0.2) is 0 Å². The maximum atomic E-state index is 10.8. The highest BCUT2D eigenvalue weighted by Crippen LogP contribution is 2.06. The van der Waals surface area contributed by atoms with Gasteiger partial charge in [-0.15, -0.1) is 0 Å². The van der Waals surface area contributed by atoms with Crippen molar-refractivity contribution in [1.82, 2.24) is 4.57 Å². The lowest BCUT2D eigenvalue weighted by Crippen LogP contribution is -2.37. The first-order valence-corrected chi connectivity index (χ1v) is 4.17. The van der Waals surface area contributed by atoms with Gasteiger partial charge in [0.1, 0.15) is 0 Å². The number of aromatic nitrogens is 2. The molecule has 0 aliphatic heterocycles. The second kappa shape index (κ2) is 5.52. The molecule has 0 radical (unpaired) electrons. The van der Waals surface area contributed by atoms with E-state index in [4.69, 9.17) is 0 Å². The lowest BCUT2D eigenvalue weighted by Gasteiger charge is -1.94. The molecule has 8 heteroatoms. The highest BCUT2D eigenvalue weighted by atomic mass is 19.5. The summed E-state index contributed by atoms with van der Waals surface area (Å²) in [7, 11) is -4.26. The van der Waals surface area contributed by atoms with Gasteiger partial charge in [-0.25, -0.2) is 13.9 Å². The van der Waals surface area contributed by atoms with Crippen LogP contribution in [-0.4, -0.2) is 11.8 Å². The number of hydrogen-bond donors (Lipinski definition) is 0. The van der Waals surface area contributed by atoms with Gasteiger partial charge in [0.05, 0.1) is 25.9 Å². The highest BCUT2D eigenvalue weighted by molar-refractivity contribution is 6.50. The molecule has 0 spiro atoms. The monoisotopic (exact) mass is 226 g/mol. The molecule has 3 nitrogen and oxygen atoms in total. The van der Waals surface area contributed by atoms with E-state index in [2.05, 4.69) is 0 Å². The number of hydrogen-bond acceptors (Lipinski definition) is 1. The first-order valence-electron chi connectivity index (χ1n) is 4.17. The smallest absolute Gasteiger partial charge is 0.418 e. The van der Waals surface area contributed by atoms with Crippen LogP contribution < -0.4 is 10.1 Å². The molecule has 0 unspecified atom stereocenters. The maximum absolute atomic E-state index is 10.8. The van der Waals surface area contributed by atoms with E-state index in [1.165, 1.54) is 0 Å². The number of halogens is 4. The molecule has 0 saturated heterocycles. The van der Waals surface area contributed by atoms with Crippen molar-refractivity contribution in [2.24, 2.45) is 7.05 Å². The van der Waals surface area contributed by atoms with Crippen molar-refractivity contribution in [3.8, 4) is 0 Å². The fraction of sp³-hybridized carbons (Fsp3) is 0.429. The van der Waals surface area contributed by atoms with E-state index in [0.29, 0.717) is 0 Å². The summed E-state index contributed by atoms with van der Waals surface area (Å²) in [6.45, 7) is 2.93. The summed E-state index contributed by atoms with van der Waals surface area (Å²) < 4.78 is 42.5. The molecule has 86 valence electrons. The Morgan fingerprint density at radius 1 is 1.40 bits per heavy atom. The molecule has 1 rings (SSSR count). The SMILES string of the molecule is CC[n+]1ccc(=O)n(C)c1.F[B-](F)(F)F. The van der Waals surface area contributed by atoms with Crippen LogP contribution in [0.2, 0.25) is 0 Å². The highest BCUT2D eigenvalue weighted by Gasteiger charge is 2.20. The van der Waals surface area contributed by atoms with Gasteiger partial charge in [-0.2, -0.15) is 0 Å². The third-order valence-corrected chi connectivity index (χ3v) is 1.44. The van der Waals surface area contributed by atoms with Gasteiger partial charge in [0.25, 0.3) is 0 Å². The molecule has 0 saturated carbocycles. The molecule has 0 aromatic carbocycles. The Morgan fingerprint density at radius 3 is 2.20 bits per heavy atom. The summed E-state index contributed by atoms with van der Waals surface area (Å²) >= 11 is 0. The van der Waals surface area contributed by atoms with Crippen LogP contribution in [-0.2, 0) is 13.6 Å². The molecule has 0 N–H and O–H groups in total. The summed E-state index contributed by atoms with van der Waals surface area (Å²) in [6.07, 6.45) is 3.56. The summed E-state index contributed by atoms with van der Waals surface area (Å²) in [4.78, 5) is 10.8. The van der Waals surface area contributed by atoms with Crippen LogP contribution >= 0.6 is 0 Å². The zero-order valence-corrected chi connectivity index (χ0v) is 8.33. The third kappa shape index (κ3) is 7.71. The Morgan fingerprint density at radius 2 is 1.87 bits per heavy atom. The topological polar surface area (TPSA) is 25.9 Å². The first-order chi connectivity index (χ1) is 6.74. The molecule has 1 aromatic heterocycles. The van der Waals surface area contributed by atoms with Gasteiger partial charge < -0.3 is 17.3 Å². The van der Waals surface area contributed by atoms with Crippen LogP contribution in [0.5, 0.6) is 0 Å². The van der Waals surface area contributed by atoms with Crippen LogP contribution in [0.3, 0.4) is 0 Å². The molecule has 1 aromatic rings. The first kappa shape index (κ1) is 13.7. The van der Waals surface area contributed by atoms with Gasteiger partial charge in [0.2, 0.25) is 6.33 Å². The summed E-state index contributed by atoms with van der Waals surface area (Å²) in [6, 6.07) is 1.56. The molecule has 0 atom stereocenters. The van der Waals surface area contributed by atoms with E-state index in [-0.39, 0.29) is 5.56 Å². The molecule has 0 amide bonds. The van der Waals surface area contributed by atoms with Crippen molar-refractivity contribution >= 4 is 7.25 Å². The minimum Gasteiger partial charge on any atom is -0.418 e. The Balaban J connectivity index is 0.000000336. The molecule has 15 heavy (non-hydrogen) atoms. The van der Waals surface area contributed by atoms with Gasteiger partial charge >= 0.3 is 12.8 Å². The maximum Gasteiger partial charge on any atom is 0.673 e. The molecule has 0 fully saturated rings. The lowest BCUT2D eigenvalue weighted by molar-refractivity contribution is -0.698. The second-order valence-corrected chi connectivity index (χ2v) is 2.71. The van der Waals surface area contributed by atoms with E-state index in [0.717, 1.165) is 6.54 Å². The van der Waals surface area contributed by atoms with Gasteiger partial charge in [-0.05, 0) is 6.92 Å². The predicted molar refractivity (Wildman–Crippen MR) is 47.7 cm³/mol. The van der Waals surface area contributed by atoms with Gasteiger partial charge in [0, 0.05) is 0 Å². The second-order valence-electron chi connectivity index (χ2n) is 2.71. The standard InChI is InChI=1S/C7H11N2O.BF4/c1-3-9-5-4-7(10)8(2)6-9;2-1(3,4)5/h4-6H,3H2,1-2H3;/q+1;-1. The zero-order valence-electron chi connectivity index (χ0n) is 8.33. The molecular formula is C7H11BF4N2O.